The molecule has 2 fully saturated rings. The van der Waals surface area contributed by atoms with Crippen LogP contribution >= 0.6 is 0 Å². The molecule has 13 heavy (non-hydrogen) atoms. The van der Waals surface area contributed by atoms with Gasteiger partial charge in [-0.25, -0.2) is 0 Å². The third kappa shape index (κ3) is 0.769. The molecule has 0 spiro atoms. The molecule has 0 aromatic heterocycles. The predicted octanol–water partition coefficient (Wildman–Crippen LogP) is 0.613. The molecule has 2 aliphatic rings. The molecule has 1 aliphatic carbocycles. The van der Waals surface area contributed by atoms with E-state index in [4.69, 9.17) is 5.11 Å². The zero-order valence-corrected chi connectivity index (χ0v) is 6.61. The van der Waals surface area contributed by atoms with Crippen molar-refractivity contribution in [2.45, 2.75) is 12.6 Å². The van der Waals surface area contributed by atoms with Crippen LogP contribution in [0.5, 0.6) is 0 Å². The van der Waals surface area contributed by atoms with Crippen LogP contribution in [0.25, 0.3) is 0 Å². The van der Waals surface area contributed by atoms with Gasteiger partial charge in [-0.3, -0.25) is 4.79 Å². The highest BCUT2D eigenvalue weighted by Crippen LogP contribution is 2.72. The summed E-state index contributed by atoms with van der Waals surface area (Å²) in [5, 5.41) is 11.2. The van der Waals surface area contributed by atoms with E-state index >= 15 is 0 Å². The molecule has 0 radical (unpaired) electrons. The van der Waals surface area contributed by atoms with Crippen molar-refractivity contribution in [3.8, 4) is 0 Å². The summed E-state index contributed by atoms with van der Waals surface area (Å²) >= 11 is 0. The second-order valence-electron chi connectivity index (χ2n) is 3.75. The highest BCUT2D eigenvalue weighted by atomic mass is 19.4. The van der Waals surface area contributed by atoms with Gasteiger partial charge < -0.3 is 10.4 Å². The molecular formula is C7H8F3NO2. The topological polar surface area (TPSA) is 49.3 Å². The van der Waals surface area contributed by atoms with Gasteiger partial charge >= 0.3 is 12.1 Å². The van der Waals surface area contributed by atoms with Crippen molar-refractivity contribution in [2.24, 2.45) is 10.8 Å². The van der Waals surface area contributed by atoms with Crippen LogP contribution in [0.1, 0.15) is 6.42 Å². The molecule has 2 rings (SSSR count). The molecule has 74 valence electrons. The molecule has 0 bridgehead atoms. The largest absolute Gasteiger partial charge is 0.481 e. The second kappa shape index (κ2) is 2.00. The summed E-state index contributed by atoms with van der Waals surface area (Å²) < 4.78 is 37.5. The highest BCUT2D eigenvalue weighted by Gasteiger charge is 2.85. The number of carbonyl (C=O) groups is 1. The molecule has 0 aromatic carbocycles. The van der Waals surface area contributed by atoms with Crippen molar-refractivity contribution in [3.63, 3.8) is 0 Å². The average Bonchev–Trinajstić information content (AvgIpc) is 2.51. The van der Waals surface area contributed by atoms with E-state index < -0.39 is 23.0 Å². The quantitative estimate of drug-likeness (QED) is 0.644. The maximum Gasteiger partial charge on any atom is 0.396 e. The van der Waals surface area contributed by atoms with Crippen molar-refractivity contribution in [1.29, 1.82) is 0 Å². The van der Waals surface area contributed by atoms with Crippen LogP contribution in [0.2, 0.25) is 0 Å². The Balaban J connectivity index is 2.35. The monoisotopic (exact) mass is 195 g/mol. The van der Waals surface area contributed by atoms with Crippen LogP contribution in [0.3, 0.4) is 0 Å². The number of aliphatic carboxylic acids is 1. The number of alkyl halides is 3. The van der Waals surface area contributed by atoms with Crippen molar-refractivity contribution in [3.05, 3.63) is 0 Å². The van der Waals surface area contributed by atoms with Gasteiger partial charge in [-0.2, -0.15) is 13.2 Å². The molecule has 0 amide bonds. The van der Waals surface area contributed by atoms with Gasteiger partial charge in [0.25, 0.3) is 0 Å². The Morgan fingerprint density at radius 2 is 2.00 bits per heavy atom. The first-order chi connectivity index (χ1) is 5.86. The van der Waals surface area contributed by atoms with E-state index in [1.807, 2.05) is 0 Å². The van der Waals surface area contributed by atoms with E-state index in [1.165, 1.54) is 0 Å². The lowest BCUT2D eigenvalue weighted by atomic mass is 9.96. The van der Waals surface area contributed by atoms with Crippen molar-refractivity contribution >= 4 is 5.97 Å². The number of carboxylic acid groups (broad SMARTS) is 1. The van der Waals surface area contributed by atoms with E-state index in [0.717, 1.165) is 0 Å². The zero-order valence-electron chi connectivity index (χ0n) is 6.61. The number of fused-ring (bicyclic) bond motifs is 1. The fraction of sp³-hybridized carbons (Fsp3) is 0.857. The number of piperidine rings is 1. The van der Waals surface area contributed by atoms with Crippen molar-refractivity contribution in [1.82, 2.24) is 5.32 Å². The summed E-state index contributed by atoms with van der Waals surface area (Å²) in [6.45, 7) is -0.329. The molecule has 1 saturated carbocycles. The minimum Gasteiger partial charge on any atom is -0.481 e. The normalized spacial score (nSPS) is 43.0. The van der Waals surface area contributed by atoms with E-state index in [9.17, 15) is 18.0 Å². The summed E-state index contributed by atoms with van der Waals surface area (Å²) in [7, 11) is 0. The molecule has 1 saturated heterocycles. The molecule has 0 aromatic rings. The van der Waals surface area contributed by atoms with E-state index in [1.54, 1.807) is 0 Å². The molecule has 1 aliphatic heterocycles. The van der Waals surface area contributed by atoms with Gasteiger partial charge in [-0.1, -0.05) is 0 Å². The third-order valence-corrected chi connectivity index (χ3v) is 3.20. The third-order valence-electron chi connectivity index (χ3n) is 3.20. The SMILES string of the molecule is O=C(O)[C@@]12CNC[C@]1(C(F)(F)F)C2. The van der Waals surface area contributed by atoms with Crippen LogP contribution in [0, 0.1) is 10.8 Å². The molecule has 2 N–H and O–H groups in total. The van der Waals surface area contributed by atoms with Crippen LogP contribution in [0.4, 0.5) is 13.2 Å². The van der Waals surface area contributed by atoms with E-state index in [0.29, 0.717) is 0 Å². The van der Waals surface area contributed by atoms with Crippen molar-refractivity contribution < 1.29 is 23.1 Å². The van der Waals surface area contributed by atoms with Crippen LogP contribution in [-0.2, 0) is 4.79 Å². The van der Waals surface area contributed by atoms with Gasteiger partial charge in [0, 0.05) is 13.1 Å². The van der Waals surface area contributed by atoms with Crippen LogP contribution < -0.4 is 5.32 Å². The minimum atomic E-state index is -4.41. The lowest BCUT2D eigenvalue weighted by molar-refractivity contribution is -0.195. The second-order valence-corrected chi connectivity index (χ2v) is 3.75. The van der Waals surface area contributed by atoms with E-state index in [-0.39, 0.29) is 19.5 Å². The number of rotatable bonds is 1. The summed E-state index contributed by atoms with van der Waals surface area (Å²) in [5.74, 6) is -1.34. The number of carboxylic acids is 1. The molecule has 2 atom stereocenters. The molecule has 6 heteroatoms. The van der Waals surface area contributed by atoms with Crippen LogP contribution in [-0.4, -0.2) is 30.3 Å². The number of nitrogens with one attached hydrogen (secondary N) is 1. The first-order valence-corrected chi connectivity index (χ1v) is 3.87. The van der Waals surface area contributed by atoms with E-state index in [2.05, 4.69) is 5.32 Å². The Morgan fingerprint density at radius 1 is 1.38 bits per heavy atom. The highest BCUT2D eigenvalue weighted by molar-refractivity contribution is 5.81. The van der Waals surface area contributed by atoms with Crippen LogP contribution in [0.15, 0.2) is 0 Å². The number of hydrogen-bond donors (Lipinski definition) is 2. The zero-order chi connectivity index (χ0) is 9.91. The Labute approximate surface area is 71.9 Å². The first kappa shape index (κ1) is 8.80. The maximum atomic E-state index is 12.5. The molecule has 1 heterocycles. The fourth-order valence-electron chi connectivity index (χ4n) is 2.25. The van der Waals surface area contributed by atoms with Crippen molar-refractivity contribution in [2.75, 3.05) is 13.1 Å². The summed E-state index contributed by atoms with van der Waals surface area (Å²) in [4.78, 5) is 10.7. The van der Waals surface area contributed by atoms with Gasteiger partial charge in [0.2, 0.25) is 0 Å². The standard InChI is InChI=1S/C7H8F3NO2/c8-7(9,10)6-1-5(6,4(12)13)2-11-3-6/h11H,1-3H2,(H,12,13)/t5-,6-/m1/s1. The number of hydrogen-bond acceptors (Lipinski definition) is 2. The number of halogens is 3. The van der Waals surface area contributed by atoms with Gasteiger partial charge in [0.1, 0.15) is 0 Å². The lowest BCUT2D eigenvalue weighted by Gasteiger charge is -2.17. The summed E-state index contributed by atoms with van der Waals surface area (Å²) in [5.41, 5.74) is -3.57. The summed E-state index contributed by atoms with van der Waals surface area (Å²) in [6.07, 6.45) is -4.68. The smallest absolute Gasteiger partial charge is 0.396 e. The van der Waals surface area contributed by atoms with Gasteiger partial charge in [0.15, 0.2) is 0 Å². The molecular weight excluding hydrogens is 187 g/mol. The Kier molecular flexibility index (Phi) is 1.35. The average molecular weight is 195 g/mol. The predicted molar refractivity (Wildman–Crippen MR) is 36.0 cm³/mol. The Bertz CT molecular complexity index is 277. The maximum absolute atomic E-state index is 12.5. The molecule has 0 unspecified atom stereocenters. The fourth-order valence-corrected chi connectivity index (χ4v) is 2.25. The minimum absolute atomic E-state index is 0.0676. The van der Waals surface area contributed by atoms with Gasteiger partial charge in [-0.05, 0) is 6.42 Å². The molecule has 3 nitrogen and oxygen atoms in total. The van der Waals surface area contributed by atoms with Gasteiger partial charge in [0.05, 0.1) is 10.8 Å². The lowest BCUT2D eigenvalue weighted by Crippen LogP contribution is -2.34. The first-order valence-electron chi connectivity index (χ1n) is 3.87. The Hall–Kier alpha value is -0.780. The van der Waals surface area contributed by atoms with Gasteiger partial charge in [-0.15, -0.1) is 0 Å². The Morgan fingerprint density at radius 3 is 2.31 bits per heavy atom. The summed E-state index contributed by atoms with van der Waals surface area (Å²) in [6, 6.07) is 0.